The van der Waals surface area contributed by atoms with E-state index in [1.54, 1.807) is 13.0 Å². The van der Waals surface area contributed by atoms with Gasteiger partial charge in [-0.15, -0.1) is 0 Å². The van der Waals surface area contributed by atoms with E-state index in [2.05, 4.69) is 4.72 Å². The van der Waals surface area contributed by atoms with Gasteiger partial charge in [-0.05, 0) is 19.3 Å². The van der Waals surface area contributed by atoms with Gasteiger partial charge >= 0.3 is 0 Å². The number of nitrogens with one attached hydrogen (secondary N) is 1. The van der Waals surface area contributed by atoms with Gasteiger partial charge in [0.05, 0.1) is 18.2 Å². The van der Waals surface area contributed by atoms with Crippen LogP contribution in [-0.4, -0.2) is 44.1 Å². The molecule has 1 heterocycles. The monoisotopic (exact) mass is 262 g/mol. The van der Waals surface area contributed by atoms with Crippen LogP contribution in [0.15, 0.2) is 0 Å². The Kier molecular flexibility index (Phi) is 4.89. The Balaban J connectivity index is 2.84. The number of aliphatic hydroxyl groups is 1. The summed E-state index contributed by atoms with van der Waals surface area (Å²) in [5.74, 6) is 0. The third-order valence-corrected chi connectivity index (χ3v) is 4.91. The summed E-state index contributed by atoms with van der Waals surface area (Å²) < 4.78 is 31.5. The van der Waals surface area contributed by atoms with Crippen molar-refractivity contribution in [2.24, 2.45) is 0 Å². The van der Waals surface area contributed by atoms with Crippen LogP contribution >= 0.6 is 0 Å². The van der Waals surface area contributed by atoms with E-state index >= 15 is 0 Å². The van der Waals surface area contributed by atoms with E-state index in [4.69, 9.17) is 10.00 Å². The maximum absolute atomic E-state index is 11.9. The molecule has 0 aromatic rings. The number of ether oxygens (including phenoxy) is 1. The molecule has 0 spiro atoms. The molecular formula is C10H18N2O4S. The summed E-state index contributed by atoms with van der Waals surface area (Å²) in [7, 11) is -3.72. The molecule has 0 bridgehead atoms. The lowest BCUT2D eigenvalue weighted by atomic mass is 9.93. The maximum Gasteiger partial charge on any atom is 0.228 e. The number of rotatable bonds is 5. The lowest BCUT2D eigenvalue weighted by Gasteiger charge is -2.36. The van der Waals surface area contributed by atoms with E-state index in [-0.39, 0.29) is 13.0 Å². The van der Waals surface area contributed by atoms with Crippen molar-refractivity contribution in [1.29, 1.82) is 5.26 Å². The Hall–Kier alpha value is -0.680. The van der Waals surface area contributed by atoms with Gasteiger partial charge in [0.1, 0.15) is 0 Å². The lowest BCUT2D eigenvalue weighted by molar-refractivity contribution is 0.0222. The number of aliphatic hydroxyl groups excluding tert-OH is 1. The van der Waals surface area contributed by atoms with Gasteiger partial charge in [-0.2, -0.15) is 5.26 Å². The molecule has 1 unspecified atom stereocenters. The van der Waals surface area contributed by atoms with Crippen molar-refractivity contribution in [3.05, 3.63) is 0 Å². The molecule has 0 amide bonds. The summed E-state index contributed by atoms with van der Waals surface area (Å²) in [5.41, 5.74) is -0.874. The van der Waals surface area contributed by atoms with Gasteiger partial charge in [0, 0.05) is 13.2 Å². The summed E-state index contributed by atoms with van der Waals surface area (Å²) in [6, 6.07) is 1.76. The predicted octanol–water partition coefficient (Wildman–Crippen LogP) is -0.251. The van der Waals surface area contributed by atoms with Gasteiger partial charge in [0.15, 0.2) is 5.25 Å². The van der Waals surface area contributed by atoms with Crippen molar-refractivity contribution in [1.82, 2.24) is 4.72 Å². The van der Waals surface area contributed by atoms with Crippen LogP contribution < -0.4 is 4.72 Å². The summed E-state index contributed by atoms with van der Waals surface area (Å²) in [6.45, 7) is 2.18. The summed E-state index contributed by atoms with van der Waals surface area (Å²) in [5, 5.41) is 17.1. The largest absolute Gasteiger partial charge is 0.394 e. The Morgan fingerprint density at radius 2 is 2.12 bits per heavy atom. The minimum absolute atomic E-state index is 0.226. The van der Waals surface area contributed by atoms with Crippen LogP contribution in [0.25, 0.3) is 0 Å². The molecule has 0 radical (unpaired) electrons. The molecule has 1 atom stereocenters. The normalized spacial score (nSPS) is 21.7. The average molecular weight is 262 g/mol. The van der Waals surface area contributed by atoms with Crippen molar-refractivity contribution in [3.8, 4) is 6.07 Å². The first-order valence-corrected chi connectivity index (χ1v) is 7.15. The zero-order valence-corrected chi connectivity index (χ0v) is 10.7. The molecule has 0 aromatic carbocycles. The fourth-order valence-electron chi connectivity index (χ4n) is 1.81. The van der Waals surface area contributed by atoms with Gasteiger partial charge < -0.3 is 9.84 Å². The molecule has 1 aliphatic rings. The van der Waals surface area contributed by atoms with Crippen LogP contribution in [-0.2, 0) is 14.8 Å². The minimum Gasteiger partial charge on any atom is -0.394 e. The molecule has 6 nitrogen and oxygen atoms in total. The number of sulfonamides is 1. The summed E-state index contributed by atoms with van der Waals surface area (Å²) in [6.07, 6.45) is 1.07. The van der Waals surface area contributed by atoms with Gasteiger partial charge in [-0.25, -0.2) is 13.1 Å². The van der Waals surface area contributed by atoms with Gasteiger partial charge in [0.2, 0.25) is 10.0 Å². The zero-order chi connectivity index (χ0) is 12.9. The summed E-state index contributed by atoms with van der Waals surface area (Å²) >= 11 is 0. The third kappa shape index (κ3) is 3.39. The molecule has 7 heteroatoms. The molecule has 1 saturated heterocycles. The lowest BCUT2D eigenvalue weighted by Crippen LogP contribution is -2.56. The quantitative estimate of drug-likeness (QED) is 0.711. The molecule has 0 aliphatic carbocycles. The maximum atomic E-state index is 11.9. The molecule has 1 rings (SSSR count). The first kappa shape index (κ1) is 14.4. The van der Waals surface area contributed by atoms with E-state index < -0.39 is 20.8 Å². The second-order valence-electron chi connectivity index (χ2n) is 4.22. The third-order valence-electron chi connectivity index (χ3n) is 3.00. The van der Waals surface area contributed by atoms with Crippen LogP contribution in [0.5, 0.6) is 0 Å². The fourth-order valence-corrected chi connectivity index (χ4v) is 3.40. The molecule has 0 aromatic heterocycles. The first-order chi connectivity index (χ1) is 7.99. The van der Waals surface area contributed by atoms with E-state index in [1.807, 2.05) is 0 Å². The predicted molar refractivity (Wildman–Crippen MR) is 61.6 cm³/mol. The number of hydrogen-bond acceptors (Lipinski definition) is 5. The number of hydrogen-bond donors (Lipinski definition) is 2. The van der Waals surface area contributed by atoms with Gasteiger partial charge in [-0.1, -0.05) is 6.92 Å². The summed E-state index contributed by atoms with van der Waals surface area (Å²) in [4.78, 5) is 0. The standard InChI is InChI=1S/C10H18N2O4S/c1-2-9(7-11)17(14,15)12-10(8-13)3-5-16-6-4-10/h9,12-13H,2-6,8H2,1H3. The highest BCUT2D eigenvalue weighted by Crippen LogP contribution is 2.22. The van der Waals surface area contributed by atoms with E-state index in [0.29, 0.717) is 26.1 Å². The molecule has 17 heavy (non-hydrogen) atoms. The molecule has 1 aliphatic heterocycles. The Morgan fingerprint density at radius 3 is 2.53 bits per heavy atom. The van der Waals surface area contributed by atoms with E-state index in [9.17, 15) is 13.5 Å². The van der Waals surface area contributed by atoms with Crippen molar-refractivity contribution in [2.45, 2.75) is 37.0 Å². The highest BCUT2D eigenvalue weighted by molar-refractivity contribution is 7.90. The fraction of sp³-hybridized carbons (Fsp3) is 0.900. The second-order valence-corrected chi connectivity index (χ2v) is 6.09. The highest BCUT2D eigenvalue weighted by Gasteiger charge is 2.38. The van der Waals surface area contributed by atoms with Crippen molar-refractivity contribution in [3.63, 3.8) is 0 Å². The van der Waals surface area contributed by atoms with Crippen LogP contribution in [0.2, 0.25) is 0 Å². The van der Waals surface area contributed by atoms with Crippen molar-refractivity contribution in [2.75, 3.05) is 19.8 Å². The van der Waals surface area contributed by atoms with E-state index in [1.165, 1.54) is 0 Å². The van der Waals surface area contributed by atoms with Gasteiger partial charge in [0.25, 0.3) is 0 Å². The molecule has 0 saturated carbocycles. The molecular weight excluding hydrogens is 244 g/mol. The molecule has 2 N–H and O–H groups in total. The van der Waals surface area contributed by atoms with E-state index in [0.717, 1.165) is 0 Å². The Morgan fingerprint density at radius 1 is 1.53 bits per heavy atom. The molecule has 1 fully saturated rings. The highest BCUT2D eigenvalue weighted by atomic mass is 32.2. The van der Waals surface area contributed by atoms with Crippen LogP contribution in [0.4, 0.5) is 0 Å². The van der Waals surface area contributed by atoms with Crippen LogP contribution in [0.1, 0.15) is 26.2 Å². The Bertz CT molecular complexity index is 382. The topological polar surface area (TPSA) is 99.4 Å². The second kappa shape index (κ2) is 5.78. The van der Waals surface area contributed by atoms with Crippen LogP contribution in [0.3, 0.4) is 0 Å². The average Bonchev–Trinajstić information content (AvgIpc) is 2.30. The minimum atomic E-state index is -3.72. The first-order valence-electron chi connectivity index (χ1n) is 5.61. The smallest absolute Gasteiger partial charge is 0.228 e. The number of nitriles is 1. The van der Waals surface area contributed by atoms with Crippen LogP contribution in [0, 0.1) is 11.3 Å². The van der Waals surface area contributed by atoms with Gasteiger partial charge in [-0.3, -0.25) is 0 Å². The zero-order valence-electron chi connectivity index (χ0n) is 9.85. The Labute approximate surface area is 102 Å². The van der Waals surface area contributed by atoms with Crippen molar-refractivity contribution >= 4 is 10.0 Å². The molecule has 98 valence electrons. The number of nitrogens with zero attached hydrogens (tertiary/aromatic N) is 1. The SMILES string of the molecule is CCC(C#N)S(=O)(=O)NC1(CO)CCOCC1. The van der Waals surface area contributed by atoms with Crippen molar-refractivity contribution < 1.29 is 18.3 Å².